The number of thiazole rings is 1. The van der Waals surface area contributed by atoms with Gasteiger partial charge in [-0.15, -0.1) is 11.3 Å². The Kier molecular flexibility index (Phi) is 13.5. The smallest absolute Gasteiger partial charge is 0.187 e. The van der Waals surface area contributed by atoms with Gasteiger partial charge in [0.15, 0.2) is 12.7 Å². The van der Waals surface area contributed by atoms with E-state index in [4.69, 9.17) is 4.43 Å². The van der Waals surface area contributed by atoms with Crippen LogP contribution in [0, 0.1) is 0 Å². The van der Waals surface area contributed by atoms with Crippen molar-refractivity contribution in [3.63, 3.8) is 0 Å². The van der Waals surface area contributed by atoms with Crippen LogP contribution in [0.25, 0.3) is 10.2 Å². The quantitative estimate of drug-likeness (QED) is 0.120. The maximum absolute atomic E-state index is 6.51. The van der Waals surface area contributed by atoms with Gasteiger partial charge >= 0.3 is 0 Å². The van der Waals surface area contributed by atoms with Crippen molar-refractivity contribution in [3.05, 3.63) is 24.3 Å². The van der Waals surface area contributed by atoms with E-state index in [2.05, 4.69) is 36.3 Å². The molecule has 1 fully saturated rings. The summed E-state index contributed by atoms with van der Waals surface area (Å²) in [6.07, 6.45) is 8.57. The van der Waals surface area contributed by atoms with Crippen molar-refractivity contribution in [2.75, 3.05) is 5.75 Å². The van der Waals surface area contributed by atoms with Crippen LogP contribution in [0.4, 0.5) is 0 Å². The second kappa shape index (κ2) is 15.2. The van der Waals surface area contributed by atoms with E-state index in [1.807, 2.05) is 66.0 Å². The van der Waals surface area contributed by atoms with E-state index in [1.165, 1.54) is 55.0 Å². The van der Waals surface area contributed by atoms with E-state index in [0.29, 0.717) is 6.10 Å². The molecule has 3 rings (SSSR count). The van der Waals surface area contributed by atoms with Gasteiger partial charge in [0.1, 0.15) is 0 Å². The third-order valence-corrected chi connectivity index (χ3v) is 23.7. The summed E-state index contributed by atoms with van der Waals surface area (Å²) in [7, 11) is 13.4. The van der Waals surface area contributed by atoms with Gasteiger partial charge < -0.3 is 4.43 Å². The molecule has 168 valence electrons. The van der Waals surface area contributed by atoms with Gasteiger partial charge in [-0.25, -0.2) is 4.98 Å². The maximum Gasteiger partial charge on any atom is 0.187 e. The zero-order valence-electron chi connectivity index (χ0n) is 17.1. The normalized spacial score (nSPS) is 15.8. The Morgan fingerprint density at radius 3 is 2.53 bits per heavy atom. The highest BCUT2D eigenvalue weighted by Gasteiger charge is 2.27. The van der Waals surface area contributed by atoms with E-state index in [-0.39, 0.29) is 0 Å². The van der Waals surface area contributed by atoms with Gasteiger partial charge in [0.2, 0.25) is 0 Å². The van der Waals surface area contributed by atoms with E-state index < -0.39 is 8.32 Å². The number of fused-ring (bicyclic) bond motifs is 1. The lowest BCUT2D eigenvalue weighted by Crippen LogP contribution is -2.36. The topological polar surface area (TPSA) is 22.1 Å². The Morgan fingerprint density at radius 2 is 1.73 bits per heavy atom. The molecule has 0 N–H and O–H groups in total. The minimum atomic E-state index is -1.47. The molecule has 2 aromatic rings. The monoisotopic (exact) mass is 589 g/mol. The largest absolute Gasteiger partial charge is 0.414 e. The third kappa shape index (κ3) is 10.6. The first-order chi connectivity index (χ1) is 14.6. The first-order valence-corrected chi connectivity index (χ1v) is 24.2. The number of rotatable bonds is 14. The number of hydrogen-bond acceptors (Lipinski definition) is 11. The Balaban J connectivity index is 1.13. The molecule has 0 spiro atoms. The van der Waals surface area contributed by atoms with Gasteiger partial charge in [-0.05, 0) is 120 Å². The van der Waals surface area contributed by atoms with Gasteiger partial charge in [-0.3, -0.25) is 0 Å². The molecular formula is C18H27NOS9Si. The zero-order chi connectivity index (χ0) is 21.1. The van der Waals surface area contributed by atoms with Crippen LogP contribution >= 0.6 is 91.9 Å². The highest BCUT2D eigenvalue weighted by atomic mass is 34.0. The number of aromatic nitrogens is 1. The van der Waals surface area contributed by atoms with E-state index in [0.717, 1.165) is 9.86 Å². The van der Waals surface area contributed by atoms with Crippen molar-refractivity contribution in [1.29, 1.82) is 0 Å². The Labute approximate surface area is 215 Å². The Bertz CT molecular complexity index is 708. The number of benzene rings is 1. The van der Waals surface area contributed by atoms with Crippen LogP contribution in [0.2, 0.25) is 19.1 Å². The molecule has 0 bridgehead atoms. The second-order valence-corrected chi connectivity index (χ2v) is 26.1. The standard InChI is InChI=1S/C18H27NOS9Si/c1-30(2,20-15-9-4-3-5-10-15)14-8-13-21-24-26-28-29-27-25-23-18-19-16-11-6-7-12-17(16)22-18/h6-7,11-12,15H,3-5,8-10,13-14H2,1-2H3. The maximum atomic E-state index is 6.51. The molecule has 0 aliphatic heterocycles. The average Bonchev–Trinajstić information content (AvgIpc) is 3.15. The Morgan fingerprint density at radius 1 is 1.00 bits per heavy atom. The summed E-state index contributed by atoms with van der Waals surface area (Å²) in [4.78, 5) is 4.65. The van der Waals surface area contributed by atoms with Crippen molar-refractivity contribution in [1.82, 2.24) is 4.98 Å². The molecule has 0 saturated heterocycles. The van der Waals surface area contributed by atoms with E-state index in [1.54, 1.807) is 32.0 Å². The fourth-order valence-electron chi connectivity index (χ4n) is 3.28. The Hall–Kier alpha value is 2.09. The van der Waals surface area contributed by atoms with Crippen LogP contribution in [0.5, 0.6) is 0 Å². The first kappa shape index (κ1) is 26.7. The van der Waals surface area contributed by atoms with Gasteiger partial charge in [0.05, 0.1) is 10.2 Å². The molecule has 1 heterocycles. The van der Waals surface area contributed by atoms with Crippen LogP contribution in [0.15, 0.2) is 28.6 Å². The van der Waals surface area contributed by atoms with E-state index >= 15 is 0 Å². The summed E-state index contributed by atoms with van der Waals surface area (Å²) in [5, 5.41) is 0. The van der Waals surface area contributed by atoms with Crippen molar-refractivity contribution < 1.29 is 4.43 Å². The summed E-state index contributed by atoms with van der Waals surface area (Å²) in [5.41, 5.74) is 1.10. The number of nitrogens with zero attached hydrogens (tertiary/aromatic N) is 1. The summed E-state index contributed by atoms with van der Waals surface area (Å²) in [5.74, 6) is 1.22. The minimum Gasteiger partial charge on any atom is -0.414 e. The lowest BCUT2D eigenvalue weighted by atomic mass is 9.98. The third-order valence-electron chi connectivity index (χ3n) is 4.61. The summed E-state index contributed by atoms with van der Waals surface area (Å²) in [6, 6.07) is 9.63. The molecule has 2 nitrogen and oxygen atoms in total. The lowest BCUT2D eigenvalue weighted by Gasteiger charge is -2.31. The molecule has 0 unspecified atom stereocenters. The fourth-order valence-corrected chi connectivity index (χ4v) is 24.1. The molecule has 0 radical (unpaired) electrons. The SMILES string of the molecule is C[Si](C)(CCCSSSSSSSSc1nc2ccccc2s1)OC1CCCCC1. The van der Waals surface area contributed by atoms with Gasteiger partial charge in [-0.1, -0.05) is 42.2 Å². The van der Waals surface area contributed by atoms with Crippen LogP contribution in [-0.4, -0.2) is 25.2 Å². The van der Waals surface area contributed by atoms with Crippen LogP contribution in [0.3, 0.4) is 0 Å². The summed E-state index contributed by atoms with van der Waals surface area (Å²) in [6.45, 7) is 4.81. The lowest BCUT2D eigenvalue weighted by molar-refractivity contribution is 0.145. The highest BCUT2D eigenvalue weighted by molar-refractivity contribution is 9.48. The van der Waals surface area contributed by atoms with Crippen LogP contribution in [-0.2, 0) is 4.43 Å². The number of hydrogen-bond donors (Lipinski definition) is 0. The molecular weight excluding hydrogens is 563 g/mol. The van der Waals surface area contributed by atoms with Crippen molar-refractivity contribution in [2.24, 2.45) is 0 Å². The van der Waals surface area contributed by atoms with Crippen LogP contribution < -0.4 is 0 Å². The van der Waals surface area contributed by atoms with Gasteiger partial charge in [0, 0.05) is 11.9 Å². The van der Waals surface area contributed by atoms with Crippen LogP contribution in [0.1, 0.15) is 38.5 Å². The zero-order valence-corrected chi connectivity index (χ0v) is 25.4. The first-order valence-electron chi connectivity index (χ1n) is 9.95. The highest BCUT2D eigenvalue weighted by Crippen LogP contribution is 2.58. The average molecular weight is 590 g/mol. The minimum absolute atomic E-state index is 0.564. The summed E-state index contributed by atoms with van der Waals surface area (Å²) >= 11 is 1.77. The van der Waals surface area contributed by atoms with Gasteiger partial charge in [-0.2, -0.15) is 0 Å². The van der Waals surface area contributed by atoms with E-state index in [9.17, 15) is 0 Å². The number of para-hydroxylation sites is 1. The van der Waals surface area contributed by atoms with Gasteiger partial charge in [0.25, 0.3) is 0 Å². The molecule has 1 aromatic carbocycles. The predicted octanol–water partition coefficient (Wildman–Crippen LogP) is 10.9. The second-order valence-electron chi connectivity index (χ2n) is 7.50. The van der Waals surface area contributed by atoms with Crippen molar-refractivity contribution in [3.8, 4) is 0 Å². The summed E-state index contributed by atoms with van der Waals surface area (Å²) < 4.78 is 8.91. The molecule has 1 aliphatic carbocycles. The van der Waals surface area contributed by atoms with Crippen molar-refractivity contribution >= 4 is 110 Å². The van der Waals surface area contributed by atoms with Crippen molar-refractivity contribution in [2.45, 2.75) is 68.1 Å². The molecule has 0 amide bonds. The predicted molar refractivity (Wildman–Crippen MR) is 158 cm³/mol. The molecule has 1 aliphatic rings. The molecule has 1 saturated carbocycles. The fraction of sp³-hybridized carbons (Fsp3) is 0.611. The molecule has 0 atom stereocenters. The molecule has 30 heavy (non-hydrogen) atoms. The molecule has 12 heteroatoms. The molecule has 1 aromatic heterocycles.